The lowest BCUT2D eigenvalue weighted by atomic mass is 9.99. The van der Waals surface area contributed by atoms with E-state index in [4.69, 9.17) is 0 Å². The van der Waals surface area contributed by atoms with E-state index in [1.54, 1.807) is 0 Å². The Labute approximate surface area is 130 Å². The Balaban J connectivity index is 2.44. The van der Waals surface area contributed by atoms with Gasteiger partial charge in [-0.3, -0.25) is 0 Å². The van der Waals surface area contributed by atoms with Crippen LogP contribution in [0.4, 0.5) is 0 Å². The Morgan fingerprint density at radius 1 is 1.17 bits per heavy atom. The zero-order valence-electron chi connectivity index (χ0n) is 10.2. The normalized spacial score (nSPS) is 12.4. The summed E-state index contributed by atoms with van der Waals surface area (Å²) in [6.45, 7) is 3.08. The minimum Gasteiger partial charge on any atom is -0.306 e. The molecule has 0 saturated heterocycles. The van der Waals surface area contributed by atoms with E-state index < -0.39 is 0 Å². The molecule has 2 aromatic carbocycles. The van der Waals surface area contributed by atoms with Gasteiger partial charge in [-0.25, -0.2) is 0 Å². The Morgan fingerprint density at radius 3 is 2.56 bits per heavy atom. The second-order valence-electron chi connectivity index (χ2n) is 4.07. The van der Waals surface area contributed by atoms with Crippen LogP contribution >= 0.6 is 38.5 Å². The first-order valence-corrected chi connectivity index (χ1v) is 7.83. The van der Waals surface area contributed by atoms with Crippen LogP contribution in [0.15, 0.2) is 53.0 Å². The summed E-state index contributed by atoms with van der Waals surface area (Å²) in [5, 5.41) is 3.55. The van der Waals surface area contributed by atoms with Gasteiger partial charge in [-0.1, -0.05) is 53.2 Å². The topological polar surface area (TPSA) is 12.0 Å². The second kappa shape index (κ2) is 6.68. The summed E-state index contributed by atoms with van der Waals surface area (Å²) in [4.78, 5) is 0. The van der Waals surface area contributed by atoms with Crippen molar-refractivity contribution < 1.29 is 0 Å². The van der Waals surface area contributed by atoms with Crippen LogP contribution < -0.4 is 5.32 Å². The summed E-state index contributed by atoms with van der Waals surface area (Å²) in [6.07, 6.45) is 0. The zero-order chi connectivity index (χ0) is 13.0. The first-order valence-electron chi connectivity index (χ1n) is 5.95. The molecule has 1 atom stereocenters. The highest BCUT2D eigenvalue weighted by atomic mass is 127. The van der Waals surface area contributed by atoms with Crippen LogP contribution in [0, 0.1) is 3.57 Å². The standard InChI is InChI=1S/C15H15BrIN/c1-2-18-15(11-6-4-3-5-7-11)13-10-12(17)8-9-14(13)16/h3-10,15,18H,2H2,1H3. The molecule has 0 bridgehead atoms. The van der Waals surface area contributed by atoms with Crippen molar-refractivity contribution in [3.05, 3.63) is 67.7 Å². The molecule has 94 valence electrons. The van der Waals surface area contributed by atoms with Gasteiger partial charge in [-0.2, -0.15) is 0 Å². The summed E-state index contributed by atoms with van der Waals surface area (Å²) < 4.78 is 2.40. The number of nitrogens with one attached hydrogen (secondary N) is 1. The summed E-state index contributed by atoms with van der Waals surface area (Å²) >= 11 is 6.01. The molecule has 0 aromatic heterocycles. The monoisotopic (exact) mass is 415 g/mol. The van der Waals surface area contributed by atoms with E-state index >= 15 is 0 Å². The SMILES string of the molecule is CCNC(c1ccccc1)c1cc(I)ccc1Br. The predicted molar refractivity (Wildman–Crippen MR) is 88.8 cm³/mol. The fraction of sp³-hybridized carbons (Fsp3) is 0.200. The maximum Gasteiger partial charge on any atom is 0.0588 e. The van der Waals surface area contributed by atoms with Crippen molar-refractivity contribution in [1.82, 2.24) is 5.32 Å². The van der Waals surface area contributed by atoms with Gasteiger partial charge in [0, 0.05) is 8.04 Å². The van der Waals surface area contributed by atoms with Crippen LogP contribution in [0.2, 0.25) is 0 Å². The molecule has 2 rings (SSSR count). The highest BCUT2D eigenvalue weighted by Crippen LogP contribution is 2.29. The predicted octanol–water partition coefficient (Wildman–Crippen LogP) is 4.75. The van der Waals surface area contributed by atoms with E-state index in [9.17, 15) is 0 Å². The summed E-state index contributed by atoms with van der Waals surface area (Å²) in [6, 6.07) is 17.2. The van der Waals surface area contributed by atoms with E-state index in [2.05, 4.69) is 99.3 Å². The smallest absolute Gasteiger partial charge is 0.0588 e. The molecule has 1 N–H and O–H groups in total. The molecule has 2 aromatic rings. The van der Waals surface area contributed by atoms with Crippen molar-refractivity contribution >= 4 is 38.5 Å². The molecule has 0 radical (unpaired) electrons. The van der Waals surface area contributed by atoms with Gasteiger partial charge in [-0.15, -0.1) is 0 Å². The molecule has 18 heavy (non-hydrogen) atoms. The fourth-order valence-corrected chi connectivity index (χ4v) is 2.98. The Morgan fingerprint density at radius 2 is 1.89 bits per heavy atom. The molecule has 0 aliphatic carbocycles. The Bertz CT molecular complexity index is 513. The van der Waals surface area contributed by atoms with Gasteiger partial charge < -0.3 is 5.32 Å². The third-order valence-electron chi connectivity index (χ3n) is 2.81. The molecule has 3 heteroatoms. The van der Waals surface area contributed by atoms with Crippen molar-refractivity contribution in [2.24, 2.45) is 0 Å². The fourth-order valence-electron chi connectivity index (χ4n) is 1.99. The van der Waals surface area contributed by atoms with E-state index in [-0.39, 0.29) is 6.04 Å². The van der Waals surface area contributed by atoms with Crippen molar-refractivity contribution in [1.29, 1.82) is 0 Å². The van der Waals surface area contributed by atoms with Crippen molar-refractivity contribution in [2.75, 3.05) is 6.54 Å². The van der Waals surface area contributed by atoms with Crippen molar-refractivity contribution in [2.45, 2.75) is 13.0 Å². The molecule has 0 aliphatic heterocycles. The average Bonchev–Trinajstić information content (AvgIpc) is 2.40. The molecular weight excluding hydrogens is 401 g/mol. The molecular formula is C15H15BrIN. The van der Waals surface area contributed by atoms with Crippen LogP contribution in [0.3, 0.4) is 0 Å². The van der Waals surface area contributed by atoms with Gasteiger partial charge in [0.2, 0.25) is 0 Å². The quantitative estimate of drug-likeness (QED) is 0.710. The van der Waals surface area contributed by atoms with Gasteiger partial charge >= 0.3 is 0 Å². The lowest BCUT2D eigenvalue weighted by Crippen LogP contribution is -2.22. The maximum atomic E-state index is 3.66. The van der Waals surface area contributed by atoms with Gasteiger partial charge in [0.05, 0.1) is 6.04 Å². The van der Waals surface area contributed by atoms with Crippen LogP contribution in [0.5, 0.6) is 0 Å². The molecule has 0 heterocycles. The number of halogens is 2. The molecule has 0 fully saturated rings. The van der Waals surface area contributed by atoms with Crippen LogP contribution in [-0.2, 0) is 0 Å². The minimum atomic E-state index is 0.236. The maximum absolute atomic E-state index is 3.66. The first-order chi connectivity index (χ1) is 8.72. The van der Waals surface area contributed by atoms with Crippen LogP contribution in [-0.4, -0.2) is 6.54 Å². The van der Waals surface area contributed by atoms with Gasteiger partial charge in [0.25, 0.3) is 0 Å². The number of rotatable bonds is 4. The highest BCUT2D eigenvalue weighted by Gasteiger charge is 2.15. The molecule has 1 unspecified atom stereocenters. The van der Waals surface area contributed by atoms with E-state index in [0.29, 0.717) is 0 Å². The van der Waals surface area contributed by atoms with Gasteiger partial charge in [0.15, 0.2) is 0 Å². The number of hydrogen-bond donors (Lipinski definition) is 1. The second-order valence-corrected chi connectivity index (χ2v) is 6.17. The lowest BCUT2D eigenvalue weighted by Gasteiger charge is -2.20. The number of benzene rings is 2. The number of hydrogen-bond acceptors (Lipinski definition) is 1. The van der Waals surface area contributed by atoms with E-state index in [1.165, 1.54) is 14.7 Å². The van der Waals surface area contributed by atoms with Crippen molar-refractivity contribution in [3.8, 4) is 0 Å². The van der Waals surface area contributed by atoms with Crippen LogP contribution in [0.25, 0.3) is 0 Å². The van der Waals surface area contributed by atoms with Crippen LogP contribution in [0.1, 0.15) is 24.1 Å². The molecule has 0 amide bonds. The Kier molecular flexibility index (Phi) is 5.21. The minimum absolute atomic E-state index is 0.236. The van der Waals surface area contributed by atoms with Gasteiger partial charge in [0.1, 0.15) is 0 Å². The summed E-state index contributed by atoms with van der Waals surface area (Å²) in [5.41, 5.74) is 2.58. The first kappa shape index (κ1) is 14.0. The average molecular weight is 416 g/mol. The third kappa shape index (κ3) is 3.33. The lowest BCUT2D eigenvalue weighted by molar-refractivity contribution is 0.628. The largest absolute Gasteiger partial charge is 0.306 e. The molecule has 0 aliphatic rings. The van der Waals surface area contributed by atoms with Gasteiger partial charge in [-0.05, 0) is 58.5 Å². The van der Waals surface area contributed by atoms with Crippen molar-refractivity contribution in [3.63, 3.8) is 0 Å². The molecule has 0 spiro atoms. The zero-order valence-corrected chi connectivity index (χ0v) is 13.9. The van der Waals surface area contributed by atoms with E-state index in [0.717, 1.165) is 11.0 Å². The Hall–Kier alpha value is -0.390. The van der Waals surface area contributed by atoms with E-state index in [1.807, 2.05) is 0 Å². The summed E-state index contributed by atoms with van der Waals surface area (Å²) in [7, 11) is 0. The highest BCUT2D eigenvalue weighted by molar-refractivity contribution is 14.1. The molecule has 0 saturated carbocycles. The summed E-state index contributed by atoms with van der Waals surface area (Å²) in [5.74, 6) is 0. The third-order valence-corrected chi connectivity index (χ3v) is 4.20. The molecule has 1 nitrogen and oxygen atoms in total.